The predicted octanol–water partition coefficient (Wildman–Crippen LogP) is 0.913. The van der Waals surface area contributed by atoms with Gasteiger partial charge in [-0.05, 0) is 25.7 Å². The predicted molar refractivity (Wildman–Crippen MR) is 84.0 cm³/mol. The summed E-state index contributed by atoms with van der Waals surface area (Å²) in [4.78, 5) is 15.4. The van der Waals surface area contributed by atoms with Crippen molar-refractivity contribution in [1.82, 2.24) is 15.0 Å². The van der Waals surface area contributed by atoms with Crippen LogP contribution in [-0.4, -0.2) is 44.6 Å². The summed E-state index contributed by atoms with van der Waals surface area (Å²) < 4.78 is 32.1. The summed E-state index contributed by atoms with van der Waals surface area (Å²) in [6.45, 7) is 0. The van der Waals surface area contributed by atoms with Gasteiger partial charge in [-0.1, -0.05) is 0 Å². The zero-order chi connectivity index (χ0) is 15.0. The number of aromatic nitrogens is 1. The lowest BCUT2D eigenvalue weighted by Gasteiger charge is -2.29. The van der Waals surface area contributed by atoms with Gasteiger partial charge in [-0.2, -0.15) is 0 Å². The SMILES string of the molecule is COC(=O)c1ncsc1S(=O)(=O)NC1CC2CCC(C1)N2.Cl. The van der Waals surface area contributed by atoms with E-state index in [9.17, 15) is 13.2 Å². The van der Waals surface area contributed by atoms with E-state index in [0.717, 1.165) is 37.0 Å². The van der Waals surface area contributed by atoms with Crippen LogP contribution in [0.1, 0.15) is 36.2 Å². The first-order valence-electron chi connectivity index (χ1n) is 6.80. The van der Waals surface area contributed by atoms with E-state index in [0.29, 0.717) is 12.1 Å². The fourth-order valence-electron chi connectivity index (χ4n) is 3.09. The zero-order valence-electron chi connectivity index (χ0n) is 11.9. The van der Waals surface area contributed by atoms with Crippen LogP contribution in [0.5, 0.6) is 0 Å². The van der Waals surface area contributed by atoms with Crippen LogP contribution in [0.2, 0.25) is 0 Å². The Morgan fingerprint density at radius 1 is 1.41 bits per heavy atom. The number of rotatable bonds is 4. The molecule has 0 aromatic carbocycles. The molecule has 0 amide bonds. The number of piperidine rings is 1. The minimum absolute atomic E-state index is 0. The first-order valence-corrected chi connectivity index (χ1v) is 9.16. The van der Waals surface area contributed by atoms with Gasteiger partial charge in [0.1, 0.15) is 0 Å². The number of thiazole rings is 1. The Balaban J connectivity index is 0.00000176. The molecular formula is C12H18ClN3O4S2. The van der Waals surface area contributed by atoms with Gasteiger partial charge in [-0.15, -0.1) is 23.7 Å². The number of hydrogen-bond acceptors (Lipinski definition) is 7. The van der Waals surface area contributed by atoms with Crippen molar-refractivity contribution in [1.29, 1.82) is 0 Å². The molecule has 3 rings (SSSR count). The van der Waals surface area contributed by atoms with Crippen molar-refractivity contribution < 1.29 is 17.9 Å². The van der Waals surface area contributed by atoms with E-state index in [4.69, 9.17) is 0 Å². The number of carbonyl (C=O) groups is 1. The molecule has 2 bridgehead atoms. The maximum atomic E-state index is 12.5. The number of esters is 1. The Morgan fingerprint density at radius 3 is 2.64 bits per heavy atom. The largest absolute Gasteiger partial charge is 0.464 e. The van der Waals surface area contributed by atoms with Crippen molar-refractivity contribution in [3.8, 4) is 0 Å². The average molecular weight is 368 g/mol. The molecule has 22 heavy (non-hydrogen) atoms. The van der Waals surface area contributed by atoms with Gasteiger partial charge in [0.2, 0.25) is 0 Å². The molecule has 0 saturated carbocycles. The van der Waals surface area contributed by atoms with E-state index in [1.165, 1.54) is 12.6 Å². The van der Waals surface area contributed by atoms with Crippen molar-refractivity contribution in [2.24, 2.45) is 0 Å². The molecule has 2 N–H and O–H groups in total. The highest BCUT2D eigenvalue weighted by Crippen LogP contribution is 2.28. The highest BCUT2D eigenvalue weighted by atomic mass is 35.5. The van der Waals surface area contributed by atoms with Gasteiger partial charge >= 0.3 is 5.97 Å². The Morgan fingerprint density at radius 2 is 2.05 bits per heavy atom. The molecule has 0 spiro atoms. The summed E-state index contributed by atoms with van der Waals surface area (Å²) >= 11 is 0.928. The molecule has 1 aromatic heterocycles. The third kappa shape index (κ3) is 3.43. The van der Waals surface area contributed by atoms with E-state index >= 15 is 0 Å². The molecule has 2 aliphatic heterocycles. The van der Waals surface area contributed by atoms with Crippen LogP contribution in [0.25, 0.3) is 0 Å². The monoisotopic (exact) mass is 367 g/mol. The van der Waals surface area contributed by atoms with Gasteiger partial charge in [-0.3, -0.25) is 0 Å². The van der Waals surface area contributed by atoms with E-state index < -0.39 is 16.0 Å². The maximum Gasteiger partial charge on any atom is 0.358 e. The molecule has 10 heteroatoms. The summed E-state index contributed by atoms with van der Waals surface area (Å²) in [5, 5.41) is 3.46. The van der Waals surface area contributed by atoms with Gasteiger partial charge in [0, 0.05) is 18.1 Å². The van der Waals surface area contributed by atoms with Crippen LogP contribution in [0.15, 0.2) is 9.72 Å². The van der Waals surface area contributed by atoms with E-state index in [2.05, 4.69) is 19.8 Å². The number of ether oxygens (including phenoxy) is 1. The third-order valence-corrected chi connectivity index (χ3v) is 6.84. The third-order valence-electron chi connectivity index (χ3n) is 3.95. The molecule has 0 radical (unpaired) electrons. The quantitative estimate of drug-likeness (QED) is 0.768. The smallest absolute Gasteiger partial charge is 0.358 e. The molecule has 124 valence electrons. The number of nitrogens with zero attached hydrogens (tertiary/aromatic N) is 1. The molecule has 2 unspecified atom stereocenters. The molecule has 2 aliphatic rings. The highest BCUT2D eigenvalue weighted by Gasteiger charge is 2.36. The van der Waals surface area contributed by atoms with Crippen molar-refractivity contribution in [2.45, 2.75) is 48.0 Å². The molecule has 3 heterocycles. The number of hydrogen-bond donors (Lipinski definition) is 2. The fourth-order valence-corrected chi connectivity index (χ4v) is 5.50. The van der Waals surface area contributed by atoms with E-state index in [1.807, 2.05) is 0 Å². The minimum atomic E-state index is -3.74. The normalized spacial score (nSPS) is 27.2. The van der Waals surface area contributed by atoms with Gasteiger partial charge < -0.3 is 10.1 Å². The molecule has 1 aromatic rings. The number of methoxy groups -OCH3 is 1. The van der Waals surface area contributed by atoms with Gasteiger partial charge in [0.15, 0.2) is 9.90 Å². The summed E-state index contributed by atoms with van der Waals surface area (Å²) in [6.07, 6.45) is 3.75. The lowest BCUT2D eigenvalue weighted by Crippen LogP contribution is -2.47. The summed E-state index contributed by atoms with van der Waals surface area (Å²) in [5.41, 5.74) is 1.19. The van der Waals surface area contributed by atoms with Crippen molar-refractivity contribution in [2.75, 3.05) is 7.11 Å². The molecule has 2 fully saturated rings. The fraction of sp³-hybridized carbons (Fsp3) is 0.667. The number of halogens is 1. The summed E-state index contributed by atoms with van der Waals surface area (Å²) in [6, 6.07) is 0.678. The second-order valence-electron chi connectivity index (χ2n) is 5.41. The topological polar surface area (TPSA) is 97.4 Å². The van der Waals surface area contributed by atoms with Crippen LogP contribution < -0.4 is 10.0 Å². The van der Waals surface area contributed by atoms with Crippen LogP contribution in [-0.2, 0) is 14.8 Å². The number of carbonyl (C=O) groups excluding carboxylic acids is 1. The molecule has 2 saturated heterocycles. The first-order chi connectivity index (χ1) is 9.99. The van der Waals surface area contributed by atoms with Crippen LogP contribution in [0.4, 0.5) is 0 Å². The molecule has 2 atom stereocenters. The number of nitrogens with one attached hydrogen (secondary N) is 2. The van der Waals surface area contributed by atoms with Crippen LogP contribution in [0.3, 0.4) is 0 Å². The zero-order valence-corrected chi connectivity index (χ0v) is 14.4. The standard InChI is InChI=1S/C12H17N3O4S2.ClH/c1-19-11(16)10-12(20-6-13-10)21(17,18)15-9-4-7-2-3-8(5-9)14-7;/h6-9,14-15H,2-5H2,1H3;1H. The van der Waals surface area contributed by atoms with Crippen LogP contribution in [0, 0.1) is 0 Å². The molecular weight excluding hydrogens is 350 g/mol. The second kappa shape index (κ2) is 6.79. The van der Waals surface area contributed by atoms with Crippen molar-refractivity contribution in [3.63, 3.8) is 0 Å². The van der Waals surface area contributed by atoms with Gasteiger partial charge in [-0.25, -0.2) is 22.9 Å². The summed E-state index contributed by atoms with van der Waals surface area (Å²) in [7, 11) is -2.54. The Kier molecular flexibility index (Phi) is 5.44. The first kappa shape index (κ1) is 17.6. The second-order valence-corrected chi connectivity index (χ2v) is 8.17. The minimum Gasteiger partial charge on any atom is -0.464 e. The van der Waals surface area contributed by atoms with Gasteiger partial charge in [0.05, 0.1) is 12.6 Å². The lowest BCUT2D eigenvalue weighted by molar-refractivity contribution is 0.0590. The Labute approximate surface area is 139 Å². The maximum absolute atomic E-state index is 12.5. The average Bonchev–Trinajstić information content (AvgIpc) is 3.05. The number of fused-ring (bicyclic) bond motifs is 2. The van der Waals surface area contributed by atoms with E-state index in [-0.39, 0.29) is 28.4 Å². The Bertz CT molecular complexity index is 637. The summed E-state index contributed by atoms with van der Waals surface area (Å²) in [5.74, 6) is -0.734. The lowest BCUT2D eigenvalue weighted by atomic mass is 10.0. The molecule has 7 nitrogen and oxygen atoms in total. The molecule has 0 aliphatic carbocycles. The number of sulfonamides is 1. The van der Waals surface area contributed by atoms with Crippen molar-refractivity contribution >= 4 is 39.7 Å². The van der Waals surface area contributed by atoms with Gasteiger partial charge in [0.25, 0.3) is 10.0 Å². The van der Waals surface area contributed by atoms with E-state index in [1.54, 1.807) is 0 Å². The van der Waals surface area contributed by atoms with Crippen LogP contribution >= 0.6 is 23.7 Å². The van der Waals surface area contributed by atoms with Crippen molar-refractivity contribution in [3.05, 3.63) is 11.2 Å². The Hall–Kier alpha value is -0.740. The highest BCUT2D eigenvalue weighted by molar-refractivity contribution is 7.91.